The van der Waals surface area contributed by atoms with E-state index in [4.69, 9.17) is 9.84 Å². The first kappa shape index (κ1) is 28.4. The normalized spacial score (nSPS) is 10.8. The number of para-hydroxylation sites is 2. The fraction of sp³-hybridized carbons (Fsp3) is 0.281. The van der Waals surface area contributed by atoms with Crippen LogP contribution in [0.5, 0.6) is 5.75 Å². The number of carbonyl (C=O) groups is 2. The molecule has 4 rings (SSSR count). The molecule has 208 valence electrons. The standard InChI is InChI=1S/C32H37N5O3/c1-6-40-28-15-11-10-14-27(28)33-32(39)36(20-22(2)3)21-29(38)34-31-30(25-12-8-7-9-13-25)24(5)35-37(31)26-18-16-23(4)17-19-26/h7-19,22H,6,20-21H2,1-5H3,(H,33,39)(H,34,38). The summed E-state index contributed by atoms with van der Waals surface area (Å²) in [6.07, 6.45) is 0. The second kappa shape index (κ2) is 13.0. The van der Waals surface area contributed by atoms with Crippen molar-refractivity contribution in [3.8, 4) is 22.6 Å². The van der Waals surface area contributed by atoms with Crippen molar-refractivity contribution in [1.29, 1.82) is 0 Å². The summed E-state index contributed by atoms with van der Waals surface area (Å²) in [5, 5.41) is 10.8. The van der Waals surface area contributed by atoms with Crippen LogP contribution < -0.4 is 15.4 Å². The topological polar surface area (TPSA) is 88.5 Å². The van der Waals surface area contributed by atoms with E-state index in [1.807, 2.05) is 101 Å². The summed E-state index contributed by atoms with van der Waals surface area (Å²) in [6.45, 7) is 10.6. The van der Waals surface area contributed by atoms with Crippen molar-refractivity contribution >= 4 is 23.4 Å². The van der Waals surface area contributed by atoms with Gasteiger partial charge in [0.15, 0.2) is 0 Å². The fourth-order valence-corrected chi connectivity index (χ4v) is 4.52. The van der Waals surface area contributed by atoms with E-state index in [0.29, 0.717) is 30.4 Å². The van der Waals surface area contributed by atoms with Crippen molar-refractivity contribution in [2.75, 3.05) is 30.3 Å². The molecule has 0 saturated heterocycles. The quantitative estimate of drug-likeness (QED) is 0.235. The third-order valence-electron chi connectivity index (χ3n) is 6.29. The van der Waals surface area contributed by atoms with E-state index in [-0.39, 0.29) is 24.4 Å². The highest BCUT2D eigenvalue weighted by molar-refractivity contribution is 5.99. The van der Waals surface area contributed by atoms with Gasteiger partial charge in [0.1, 0.15) is 18.1 Å². The summed E-state index contributed by atoms with van der Waals surface area (Å²) < 4.78 is 7.41. The van der Waals surface area contributed by atoms with E-state index in [2.05, 4.69) is 10.6 Å². The van der Waals surface area contributed by atoms with Crippen molar-refractivity contribution in [2.24, 2.45) is 5.92 Å². The largest absolute Gasteiger partial charge is 0.492 e. The molecule has 4 aromatic rings. The van der Waals surface area contributed by atoms with Gasteiger partial charge >= 0.3 is 6.03 Å². The Bertz CT molecular complexity index is 1450. The maximum absolute atomic E-state index is 13.6. The molecule has 8 nitrogen and oxygen atoms in total. The molecule has 0 unspecified atom stereocenters. The van der Waals surface area contributed by atoms with E-state index in [9.17, 15) is 9.59 Å². The van der Waals surface area contributed by atoms with Crippen LogP contribution in [0.4, 0.5) is 16.3 Å². The minimum atomic E-state index is -0.373. The second-order valence-electron chi connectivity index (χ2n) is 10.1. The molecule has 40 heavy (non-hydrogen) atoms. The van der Waals surface area contributed by atoms with Gasteiger partial charge in [-0.1, -0.05) is 74.0 Å². The maximum atomic E-state index is 13.6. The zero-order chi connectivity index (χ0) is 28.6. The molecular weight excluding hydrogens is 502 g/mol. The van der Waals surface area contributed by atoms with Gasteiger partial charge in [-0.25, -0.2) is 9.48 Å². The highest BCUT2D eigenvalue weighted by Crippen LogP contribution is 2.33. The average molecular weight is 540 g/mol. The SMILES string of the molecule is CCOc1ccccc1NC(=O)N(CC(=O)Nc1c(-c2ccccc2)c(C)nn1-c1ccc(C)cc1)CC(C)C. The molecule has 0 fully saturated rings. The number of benzene rings is 3. The second-order valence-corrected chi connectivity index (χ2v) is 10.1. The van der Waals surface area contributed by atoms with Gasteiger partial charge in [0.25, 0.3) is 0 Å². The van der Waals surface area contributed by atoms with Crippen molar-refractivity contribution in [2.45, 2.75) is 34.6 Å². The van der Waals surface area contributed by atoms with E-state index >= 15 is 0 Å². The molecule has 3 amide bonds. The van der Waals surface area contributed by atoms with Crippen LogP contribution in [0, 0.1) is 19.8 Å². The highest BCUT2D eigenvalue weighted by atomic mass is 16.5. The number of rotatable bonds is 10. The maximum Gasteiger partial charge on any atom is 0.322 e. The highest BCUT2D eigenvalue weighted by Gasteiger charge is 2.24. The molecule has 0 atom stereocenters. The number of ether oxygens (including phenoxy) is 1. The summed E-state index contributed by atoms with van der Waals surface area (Å²) in [5.41, 5.74) is 5.07. The summed E-state index contributed by atoms with van der Waals surface area (Å²) in [6, 6.07) is 24.7. The molecule has 0 spiro atoms. The number of amides is 3. The van der Waals surface area contributed by atoms with Crippen molar-refractivity contribution in [3.05, 3.63) is 90.1 Å². The third kappa shape index (κ3) is 6.88. The van der Waals surface area contributed by atoms with Gasteiger partial charge in [0.2, 0.25) is 5.91 Å². The van der Waals surface area contributed by atoms with Gasteiger partial charge in [-0.2, -0.15) is 5.10 Å². The number of nitrogens with zero attached hydrogens (tertiary/aromatic N) is 3. The lowest BCUT2D eigenvalue weighted by molar-refractivity contribution is -0.116. The first-order valence-corrected chi connectivity index (χ1v) is 13.6. The molecule has 2 N–H and O–H groups in total. The molecule has 0 aliphatic heterocycles. The van der Waals surface area contributed by atoms with Crippen LogP contribution in [0.3, 0.4) is 0 Å². The molecule has 3 aromatic carbocycles. The van der Waals surface area contributed by atoms with Crippen LogP contribution in [-0.4, -0.2) is 46.3 Å². The van der Waals surface area contributed by atoms with Crippen LogP contribution in [0.2, 0.25) is 0 Å². The lowest BCUT2D eigenvalue weighted by Crippen LogP contribution is -2.42. The van der Waals surface area contributed by atoms with E-state index in [0.717, 1.165) is 28.1 Å². The monoisotopic (exact) mass is 539 g/mol. The number of aryl methyl sites for hydroxylation is 2. The van der Waals surface area contributed by atoms with Crippen LogP contribution in [0.15, 0.2) is 78.9 Å². The predicted molar refractivity (Wildman–Crippen MR) is 160 cm³/mol. The number of carbonyl (C=O) groups excluding carboxylic acids is 2. The van der Waals surface area contributed by atoms with Crippen LogP contribution in [0.1, 0.15) is 32.0 Å². The summed E-state index contributed by atoms with van der Waals surface area (Å²) in [4.78, 5) is 28.4. The van der Waals surface area contributed by atoms with Gasteiger partial charge in [0.05, 0.1) is 23.7 Å². The number of nitrogens with one attached hydrogen (secondary N) is 2. The van der Waals surface area contributed by atoms with Crippen LogP contribution >= 0.6 is 0 Å². The Labute approximate surface area is 236 Å². The van der Waals surface area contributed by atoms with Gasteiger partial charge in [-0.3, -0.25) is 4.79 Å². The van der Waals surface area contributed by atoms with Gasteiger partial charge in [-0.05, 0) is 56.5 Å². The molecule has 8 heteroatoms. The van der Waals surface area contributed by atoms with Crippen molar-refractivity contribution < 1.29 is 14.3 Å². The number of urea groups is 1. The molecule has 0 aliphatic carbocycles. The fourth-order valence-electron chi connectivity index (χ4n) is 4.52. The Kier molecular flexibility index (Phi) is 9.22. The number of anilines is 2. The minimum absolute atomic E-state index is 0.132. The minimum Gasteiger partial charge on any atom is -0.492 e. The van der Waals surface area contributed by atoms with E-state index in [1.165, 1.54) is 4.90 Å². The lowest BCUT2D eigenvalue weighted by atomic mass is 10.1. The number of hydrogen-bond donors (Lipinski definition) is 2. The third-order valence-corrected chi connectivity index (χ3v) is 6.29. The number of aromatic nitrogens is 2. The molecule has 0 saturated carbocycles. The molecule has 0 radical (unpaired) electrons. The summed E-state index contributed by atoms with van der Waals surface area (Å²) in [5.74, 6) is 0.974. The average Bonchev–Trinajstić information content (AvgIpc) is 3.25. The smallest absolute Gasteiger partial charge is 0.322 e. The number of hydrogen-bond acceptors (Lipinski definition) is 4. The molecule has 1 heterocycles. The van der Waals surface area contributed by atoms with Gasteiger partial charge in [0, 0.05) is 12.1 Å². The van der Waals surface area contributed by atoms with Gasteiger partial charge in [-0.15, -0.1) is 0 Å². The summed E-state index contributed by atoms with van der Waals surface area (Å²) >= 11 is 0. The Morgan fingerprint density at radius 2 is 1.60 bits per heavy atom. The van der Waals surface area contributed by atoms with Crippen molar-refractivity contribution in [3.63, 3.8) is 0 Å². The van der Waals surface area contributed by atoms with E-state index in [1.54, 1.807) is 16.8 Å². The Balaban J connectivity index is 1.63. The first-order valence-electron chi connectivity index (χ1n) is 13.6. The van der Waals surface area contributed by atoms with E-state index < -0.39 is 0 Å². The van der Waals surface area contributed by atoms with Crippen molar-refractivity contribution in [1.82, 2.24) is 14.7 Å². The van der Waals surface area contributed by atoms with Crippen LogP contribution in [0.25, 0.3) is 16.8 Å². The van der Waals surface area contributed by atoms with Crippen LogP contribution in [-0.2, 0) is 4.79 Å². The first-order chi connectivity index (χ1) is 19.3. The zero-order valence-corrected chi connectivity index (χ0v) is 23.8. The molecule has 0 bridgehead atoms. The Hall–Kier alpha value is -4.59. The van der Waals surface area contributed by atoms with Gasteiger partial charge < -0.3 is 20.3 Å². The Morgan fingerprint density at radius 1 is 0.925 bits per heavy atom. The lowest BCUT2D eigenvalue weighted by Gasteiger charge is -2.25. The Morgan fingerprint density at radius 3 is 2.27 bits per heavy atom. The predicted octanol–water partition coefficient (Wildman–Crippen LogP) is 6.68. The molecule has 0 aliphatic rings. The molecule has 1 aromatic heterocycles. The summed E-state index contributed by atoms with van der Waals surface area (Å²) in [7, 11) is 0. The molecular formula is C32H37N5O3. The zero-order valence-electron chi connectivity index (χ0n) is 23.8.